The number of thiophene rings is 1. The molecule has 0 aliphatic rings. The van der Waals surface area contributed by atoms with Gasteiger partial charge in [-0.3, -0.25) is 9.59 Å². The summed E-state index contributed by atoms with van der Waals surface area (Å²) in [5.74, 6) is 0.224. The summed E-state index contributed by atoms with van der Waals surface area (Å²) in [5.41, 5.74) is 1.33. The fourth-order valence-corrected chi connectivity index (χ4v) is 4.79. The maximum Gasteiger partial charge on any atom is 0.257 e. The molecule has 182 valence electrons. The summed E-state index contributed by atoms with van der Waals surface area (Å²) in [6.45, 7) is 0.615. The molecule has 1 unspecified atom stereocenters. The number of hydrogen-bond acceptors (Lipinski definition) is 6. The molecule has 2 aromatic heterocycles. The minimum absolute atomic E-state index is 0.0766. The van der Waals surface area contributed by atoms with Gasteiger partial charge in [-0.25, -0.2) is 0 Å². The van der Waals surface area contributed by atoms with Crippen molar-refractivity contribution in [3.05, 3.63) is 97.6 Å². The van der Waals surface area contributed by atoms with Crippen molar-refractivity contribution in [2.24, 2.45) is 7.05 Å². The maximum atomic E-state index is 13.0. The van der Waals surface area contributed by atoms with Crippen LogP contribution in [0.25, 0.3) is 10.2 Å². The second-order valence-corrected chi connectivity index (χ2v) is 9.58. The first-order valence-electron chi connectivity index (χ1n) is 10.9. The molecular weight excluding hydrogens is 488 g/mol. The van der Waals surface area contributed by atoms with Gasteiger partial charge in [-0.2, -0.15) is 0 Å². The van der Waals surface area contributed by atoms with E-state index in [2.05, 4.69) is 5.32 Å². The lowest BCUT2D eigenvalue weighted by atomic mass is 10.1. The number of hydrogen-bond donors (Lipinski definition) is 2. The molecule has 9 heteroatoms. The largest absolute Gasteiger partial charge is 0.497 e. The van der Waals surface area contributed by atoms with Gasteiger partial charge in [0.15, 0.2) is 0 Å². The normalized spacial score (nSPS) is 12.0. The van der Waals surface area contributed by atoms with Gasteiger partial charge in [0.25, 0.3) is 5.91 Å². The third-order valence-electron chi connectivity index (χ3n) is 5.51. The Morgan fingerprint density at radius 1 is 1.20 bits per heavy atom. The van der Waals surface area contributed by atoms with Crippen molar-refractivity contribution >= 4 is 39.1 Å². The van der Waals surface area contributed by atoms with E-state index >= 15 is 0 Å². The number of pyridine rings is 1. The van der Waals surface area contributed by atoms with Crippen LogP contribution in [0.1, 0.15) is 32.5 Å². The van der Waals surface area contributed by atoms with E-state index in [4.69, 9.17) is 21.1 Å². The summed E-state index contributed by atoms with van der Waals surface area (Å²) in [6.07, 6.45) is 0.747. The van der Waals surface area contributed by atoms with Gasteiger partial charge in [0.1, 0.15) is 22.2 Å². The van der Waals surface area contributed by atoms with Gasteiger partial charge in [-0.1, -0.05) is 35.9 Å². The number of aliphatic hydroxyl groups excluding tert-OH is 1. The number of methoxy groups -OCH3 is 1. The van der Waals surface area contributed by atoms with E-state index < -0.39 is 12.0 Å². The topological polar surface area (TPSA) is 89.8 Å². The number of rotatable bonds is 9. The molecule has 0 saturated heterocycles. The molecule has 2 heterocycles. The Morgan fingerprint density at radius 2 is 1.97 bits per heavy atom. The van der Waals surface area contributed by atoms with Crippen LogP contribution in [-0.4, -0.2) is 29.3 Å². The number of ether oxygens (including phenoxy) is 2. The molecule has 1 atom stereocenters. The molecule has 1 amide bonds. The third-order valence-corrected chi connectivity index (χ3v) is 6.96. The molecule has 0 aliphatic carbocycles. The zero-order valence-electron chi connectivity index (χ0n) is 19.3. The predicted octanol–water partition coefficient (Wildman–Crippen LogP) is 4.44. The number of benzene rings is 2. The number of carbonyl (C=O) groups excluding carboxylic acids is 1. The minimum atomic E-state index is -0.804. The summed E-state index contributed by atoms with van der Waals surface area (Å²) in [5, 5.41) is 14.3. The number of aromatic nitrogens is 1. The average molecular weight is 513 g/mol. The Balaban J connectivity index is 1.43. The summed E-state index contributed by atoms with van der Waals surface area (Å²) < 4.78 is 12.7. The number of fused-ring (bicyclic) bond motifs is 1. The number of carbonyl (C=O) groups is 1. The number of amides is 1. The number of aryl methyl sites for hydroxylation is 1. The predicted molar refractivity (Wildman–Crippen MR) is 137 cm³/mol. The fourth-order valence-electron chi connectivity index (χ4n) is 3.64. The van der Waals surface area contributed by atoms with E-state index in [0.717, 1.165) is 15.3 Å². The molecule has 0 spiro atoms. The van der Waals surface area contributed by atoms with Crippen LogP contribution < -0.4 is 15.5 Å². The van der Waals surface area contributed by atoms with E-state index in [9.17, 15) is 14.7 Å². The first-order chi connectivity index (χ1) is 16.9. The quantitative estimate of drug-likeness (QED) is 0.346. The average Bonchev–Trinajstić information content (AvgIpc) is 3.31. The number of nitrogens with zero attached hydrogens (tertiary/aromatic N) is 1. The highest BCUT2D eigenvalue weighted by Crippen LogP contribution is 2.25. The van der Waals surface area contributed by atoms with E-state index in [1.165, 1.54) is 11.3 Å². The Hall–Kier alpha value is -3.17. The van der Waals surface area contributed by atoms with Crippen LogP contribution in [0.5, 0.6) is 5.75 Å². The van der Waals surface area contributed by atoms with Gasteiger partial charge in [0.05, 0.1) is 25.7 Å². The lowest BCUT2D eigenvalue weighted by Gasteiger charge is -2.12. The number of halogens is 1. The van der Waals surface area contributed by atoms with Crippen molar-refractivity contribution in [1.29, 1.82) is 0 Å². The van der Waals surface area contributed by atoms with Crippen LogP contribution in [0.2, 0.25) is 5.02 Å². The van der Waals surface area contributed by atoms with Crippen molar-refractivity contribution in [1.82, 2.24) is 9.88 Å². The molecule has 2 aromatic carbocycles. The second kappa shape index (κ2) is 11.0. The Bertz CT molecular complexity index is 1400. The molecule has 2 N–H and O–H groups in total. The standard InChI is InChI=1S/C26H25ClN2O5S/c1-29-13-22(25(32)28-12-16-6-8-18(27)9-7-16)24(31)21-11-20(35-26(21)29)14-34-15-23(30)17-4-3-5-19(10-17)33-2/h3-11,13,23,30H,12,14-15H2,1-2H3,(H,28,32). The van der Waals surface area contributed by atoms with Crippen molar-refractivity contribution in [3.8, 4) is 5.75 Å². The van der Waals surface area contributed by atoms with Crippen LogP contribution in [0.3, 0.4) is 0 Å². The summed E-state index contributed by atoms with van der Waals surface area (Å²) in [4.78, 5) is 27.3. The summed E-state index contributed by atoms with van der Waals surface area (Å²) in [7, 11) is 3.37. The Morgan fingerprint density at radius 3 is 2.71 bits per heavy atom. The SMILES string of the molecule is COc1cccc(C(O)COCc2cc3c(=O)c(C(=O)NCc4ccc(Cl)cc4)cn(C)c3s2)c1. The molecule has 0 bridgehead atoms. The van der Waals surface area contributed by atoms with Gasteiger partial charge >= 0.3 is 0 Å². The van der Waals surface area contributed by atoms with Crippen LogP contribution in [0.15, 0.2) is 65.6 Å². The number of nitrogens with one attached hydrogen (secondary N) is 1. The smallest absolute Gasteiger partial charge is 0.257 e. The highest BCUT2D eigenvalue weighted by atomic mass is 35.5. The lowest BCUT2D eigenvalue weighted by molar-refractivity contribution is 0.0286. The summed E-state index contributed by atoms with van der Waals surface area (Å²) >= 11 is 7.31. The zero-order chi connectivity index (χ0) is 24.9. The summed E-state index contributed by atoms with van der Waals surface area (Å²) in [6, 6.07) is 16.1. The maximum absolute atomic E-state index is 13.0. The Labute approximate surface area is 211 Å². The molecule has 0 aliphatic heterocycles. The monoisotopic (exact) mass is 512 g/mol. The van der Waals surface area contributed by atoms with Crippen molar-refractivity contribution in [2.45, 2.75) is 19.3 Å². The molecule has 4 aromatic rings. The fraction of sp³-hybridized carbons (Fsp3) is 0.231. The molecule has 0 fully saturated rings. The van der Waals surface area contributed by atoms with E-state index in [1.807, 2.05) is 18.2 Å². The van der Waals surface area contributed by atoms with Crippen molar-refractivity contribution in [2.75, 3.05) is 13.7 Å². The molecule has 0 radical (unpaired) electrons. The van der Waals surface area contributed by atoms with Crippen LogP contribution in [0.4, 0.5) is 0 Å². The van der Waals surface area contributed by atoms with Crippen LogP contribution in [0, 0.1) is 0 Å². The molecule has 4 rings (SSSR count). The zero-order valence-corrected chi connectivity index (χ0v) is 20.9. The first kappa shape index (κ1) is 24.9. The van der Waals surface area contributed by atoms with Gasteiger partial charge in [-0.05, 0) is 41.5 Å². The number of aliphatic hydroxyl groups is 1. The highest BCUT2D eigenvalue weighted by molar-refractivity contribution is 7.18. The van der Waals surface area contributed by atoms with E-state index in [-0.39, 0.29) is 30.8 Å². The second-order valence-electron chi connectivity index (χ2n) is 8.03. The lowest BCUT2D eigenvalue weighted by Crippen LogP contribution is -2.29. The minimum Gasteiger partial charge on any atom is -0.497 e. The van der Waals surface area contributed by atoms with Gasteiger partial charge in [-0.15, -0.1) is 11.3 Å². The van der Waals surface area contributed by atoms with Crippen molar-refractivity contribution in [3.63, 3.8) is 0 Å². The molecule has 7 nitrogen and oxygen atoms in total. The van der Waals surface area contributed by atoms with E-state index in [1.54, 1.807) is 61.3 Å². The molecular formula is C26H25ClN2O5S. The highest BCUT2D eigenvalue weighted by Gasteiger charge is 2.17. The Kier molecular flexibility index (Phi) is 7.87. The third kappa shape index (κ3) is 5.91. The van der Waals surface area contributed by atoms with Crippen LogP contribution in [-0.2, 0) is 24.9 Å². The van der Waals surface area contributed by atoms with Crippen molar-refractivity contribution < 1.29 is 19.4 Å². The molecule has 0 saturated carbocycles. The van der Waals surface area contributed by atoms with Gasteiger partial charge in [0.2, 0.25) is 5.43 Å². The molecule has 35 heavy (non-hydrogen) atoms. The van der Waals surface area contributed by atoms with Gasteiger partial charge in [0, 0.05) is 29.7 Å². The van der Waals surface area contributed by atoms with Gasteiger partial charge < -0.3 is 24.5 Å². The first-order valence-corrected chi connectivity index (χ1v) is 12.1. The van der Waals surface area contributed by atoms with Crippen LogP contribution >= 0.6 is 22.9 Å². The van der Waals surface area contributed by atoms with E-state index in [0.29, 0.717) is 21.7 Å².